The topological polar surface area (TPSA) is 86.0 Å². The number of nitro benzene ring substituents is 1. The number of para-hydroxylation sites is 1. The summed E-state index contributed by atoms with van der Waals surface area (Å²) in [5, 5.41) is 13.2. The third-order valence-electron chi connectivity index (χ3n) is 4.10. The van der Waals surface area contributed by atoms with E-state index in [9.17, 15) is 14.9 Å². The maximum absolute atomic E-state index is 12.3. The van der Waals surface area contributed by atoms with E-state index in [1.54, 1.807) is 6.07 Å². The number of hydrogen-bond donors (Lipinski definition) is 1. The molecule has 0 spiro atoms. The molecule has 1 aromatic carbocycles. The molecule has 0 bridgehead atoms. The second-order valence-corrected chi connectivity index (χ2v) is 5.91. The number of nitro groups is 1. The number of carbonyl (C=O) groups excluding carboxylic acids is 1. The summed E-state index contributed by atoms with van der Waals surface area (Å²) < 4.78 is 5.60. The smallest absolute Gasteiger partial charge is 0.345 e. The normalized spacial score (nSPS) is 16.5. The third kappa shape index (κ3) is 3.58. The molecule has 114 valence electrons. The lowest BCUT2D eigenvalue weighted by Crippen LogP contribution is -2.86. The molecule has 6 heteroatoms. The van der Waals surface area contributed by atoms with Crippen LogP contribution in [0.4, 0.5) is 5.69 Å². The minimum Gasteiger partial charge on any atom is -0.456 e. The van der Waals surface area contributed by atoms with Gasteiger partial charge in [-0.25, -0.2) is 4.79 Å². The van der Waals surface area contributed by atoms with Crippen LogP contribution in [0.5, 0.6) is 0 Å². The Balaban J connectivity index is 2.15. The fourth-order valence-electron chi connectivity index (χ4n) is 2.80. The molecule has 2 N–H and O–H groups in total. The first-order valence-electron chi connectivity index (χ1n) is 7.20. The summed E-state index contributed by atoms with van der Waals surface area (Å²) in [6.07, 6.45) is 1.97. The Morgan fingerprint density at radius 1 is 1.33 bits per heavy atom. The van der Waals surface area contributed by atoms with Crippen LogP contribution in [0.1, 0.15) is 37.0 Å². The number of esters is 1. The van der Waals surface area contributed by atoms with Gasteiger partial charge in [0.1, 0.15) is 11.2 Å². The minimum absolute atomic E-state index is 0.0120. The second-order valence-electron chi connectivity index (χ2n) is 5.91. The van der Waals surface area contributed by atoms with E-state index in [-0.39, 0.29) is 17.2 Å². The van der Waals surface area contributed by atoms with Crippen LogP contribution in [0, 0.1) is 16.0 Å². The van der Waals surface area contributed by atoms with E-state index >= 15 is 0 Å². The van der Waals surface area contributed by atoms with Gasteiger partial charge in [-0.15, -0.1) is 0 Å². The molecule has 0 radical (unpaired) electrons. The van der Waals surface area contributed by atoms with Crippen LogP contribution in [0.3, 0.4) is 0 Å². The van der Waals surface area contributed by atoms with E-state index in [1.165, 1.54) is 18.2 Å². The van der Waals surface area contributed by atoms with Gasteiger partial charge in [-0.2, -0.15) is 0 Å². The molecule has 1 aliphatic heterocycles. The number of benzene rings is 1. The largest absolute Gasteiger partial charge is 0.456 e. The number of nitrogens with zero attached hydrogens (tertiary/aromatic N) is 1. The fraction of sp³-hybridized carbons (Fsp3) is 0.533. The number of piperidine rings is 1. The van der Waals surface area contributed by atoms with Crippen LogP contribution in [0.25, 0.3) is 0 Å². The van der Waals surface area contributed by atoms with Gasteiger partial charge in [0.15, 0.2) is 0 Å². The first-order valence-corrected chi connectivity index (χ1v) is 7.20. The zero-order valence-electron chi connectivity index (χ0n) is 12.4. The first-order chi connectivity index (χ1) is 9.92. The molecule has 1 heterocycles. The summed E-state index contributed by atoms with van der Waals surface area (Å²) in [6.45, 7) is 5.82. The van der Waals surface area contributed by atoms with Crippen LogP contribution >= 0.6 is 0 Å². The molecule has 0 unspecified atom stereocenters. The van der Waals surface area contributed by atoms with Gasteiger partial charge >= 0.3 is 5.97 Å². The number of nitrogens with two attached hydrogens (primary N) is 1. The first kappa shape index (κ1) is 15.4. The summed E-state index contributed by atoms with van der Waals surface area (Å²) in [4.78, 5) is 22.7. The van der Waals surface area contributed by atoms with E-state index < -0.39 is 16.5 Å². The van der Waals surface area contributed by atoms with Crippen molar-refractivity contribution in [2.24, 2.45) is 5.92 Å². The van der Waals surface area contributed by atoms with Crippen LogP contribution in [0.15, 0.2) is 24.3 Å². The predicted molar refractivity (Wildman–Crippen MR) is 77.0 cm³/mol. The van der Waals surface area contributed by atoms with Crippen LogP contribution < -0.4 is 5.32 Å². The quantitative estimate of drug-likeness (QED) is 0.518. The SMILES string of the molecule is CC(C)(OC(=O)c1ccccc1[N+](=O)[O-])C1CC[NH2+]CC1. The Morgan fingerprint density at radius 2 is 1.95 bits per heavy atom. The van der Waals surface area contributed by atoms with Gasteiger partial charge in [-0.1, -0.05) is 12.1 Å². The number of rotatable bonds is 4. The van der Waals surface area contributed by atoms with Gasteiger partial charge in [0.25, 0.3) is 5.69 Å². The molecule has 6 nitrogen and oxygen atoms in total. The minimum atomic E-state index is -0.623. The molecule has 1 saturated heterocycles. The van der Waals surface area contributed by atoms with Gasteiger partial charge in [0.05, 0.1) is 18.0 Å². The highest BCUT2D eigenvalue weighted by Crippen LogP contribution is 2.30. The van der Waals surface area contributed by atoms with E-state index in [2.05, 4.69) is 5.32 Å². The van der Waals surface area contributed by atoms with Gasteiger partial charge in [0, 0.05) is 24.8 Å². The summed E-state index contributed by atoms with van der Waals surface area (Å²) in [5.74, 6) is -0.337. The predicted octanol–water partition coefficient (Wildman–Crippen LogP) is 1.50. The highest BCUT2D eigenvalue weighted by atomic mass is 16.6. The Hall–Kier alpha value is -1.95. The van der Waals surface area contributed by atoms with Crippen molar-refractivity contribution in [2.45, 2.75) is 32.3 Å². The maximum Gasteiger partial charge on any atom is 0.345 e. The molecule has 0 aliphatic carbocycles. The molecule has 2 rings (SSSR count). The lowest BCUT2D eigenvalue weighted by molar-refractivity contribution is -0.665. The van der Waals surface area contributed by atoms with Crippen molar-refractivity contribution in [1.29, 1.82) is 0 Å². The van der Waals surface area contributed by atoms with Crippen molar-refractivity contribution in [2.75, 3.05) is 13.1 Å². The zero-order valence-corrected chi connectivity index (χ0v) is 12.4. The van der Waals surface area contributed by atoms with Gasteiger partial charge in [-0.3, -0.25) is 10.1 Å². The molecular weight excluding hydrogens is 272 g/mol. The van der Waals surface area contributed by atoms with Crippen LogP contribution in [0.2, 0.25) is 0 Å². The number of ether oxygens (including phenoxy) is 1. The van der Waals surface area contributed by atoms with Crippen molar-refractivity contribution in [3.05, 3.63) is 39.9 Å². The Labute approximate surface area is 123 Å². The van der Waals surface area contributed by atoms with Gasteiger partial charge in [-0.05, 0) is 19.9 Å². The third-order valence-corrected chi connectivity index (χ3v) is 4.10. The summed E-state index contributed by atoms with van der Waals surface area (Å²) >= 11 is 0. The fourth-order valence-corrected chi connectivity index (χ4v) is 2.80. The summed E-state index contributed by atoms with van der Waals surface area (Å²) in [6, 6.07) is 5.90. The van der Waals surface area contributed by atoms with Gasteiger partial charge < -0.3 is 10.1 Å². The molecule has 0 aromatic heterocycles. The zero-order chi connectivity index (χ0) is 15.5. The molecule has 0 amide bonds. The van der Waals surface area contributed by atoms with Crippen molar-refractivity contribution in [3.63, 3.8) is 0 Å². The molecule has 1 aliphatic rings. The second kappa shape index (κ2) is 6.22. The molecule has 21 heavy (non-hydrogen) atoms. The number of carbonyl (C=O) groups is 1. The van der Waals surface area contributed by atoms with Crippen molar-refractivity contribution < 1.29 is 19.8 Å². The van der Waals surface area contributed by atoms with Crippen LogP contribution in [-0.4, -0.2) is 29.6 Å². The molecule has 0 atom stereocenters. The lowest BCUT2D eigenvalue weighted by atomic mass is 9.83. The number of hydrogen-bond acceptors (Lipinski definition) is 4. The maximum atomic E-state index is 12.3. The molecule has 1 aromatic rings. The van der Waals surface area contributed by atoms with Crippen LogP contribution in [-0.2, 0) is 4.74 Å². The molecule has 0 saturated carbocycles. The van der Waals surface area contributed by atoms with E-state index in [1.807, 2.05) is 13.8 Å². The standard InChI is InChI=1S/C15H20N2O4/c1-15(2,11-7-9-16-10-8-11)21-14(18)12-5-3-4-6-13(12)17(19)20/h3-6,11,16H,7-10H2,1-2H3/p+1. The molecular formula is C15H21N2O4+. The Morgan fingerprint density at radius 3 is 2.57 bits per heavy atom. The Bertz CT molecular complexity index is 536. The number of quaternary nitrogens is 1. The monoisotopic (exact) mass is 293 g/mol. The van der Waals surface area contributed by atoms with Gasteiger partial charge in [0.2, 0.25) is 0 Å². The Kier molecular flexibility index (Phi) is 4.57. The summed E-state index contributed by atoms with van der Waals surface area (Å²) in [7, 11) is 0. The van der Waals surface area contributed by atoms with E-state index in [4.69, 9.17) is 4.74 Å². The van der Waals surface area contributed by atoms with E-state index in [0.29, 0.717) is 0 Å². The average Bonchev–Trinajstić information content (AvgIpc) is 2.47. The average molecular weight is 293 g/mol. The highest BCUT2D eigenvalue weighted by Gasteiger charge is 2.36. The lowest BCUT2D eigenvalue weighted by Gasteiger charge is -2.35. The summed E-state index contributed by atoms with van der Waals surface area (Å²) in [5.41, 5.74) is -0.817. The van der Waals surface area contributed by atoms with Crippen molar-refractivity contribution >= 4 is 11.7 Å². The van der Waals surface area contributed by atoms with E-state index in [0.717, 1.165) is 25.9 Å². The van der Waals surface area contributed by atoms with Crippen molar-refractivity contribution in [1.82, 2.24) is 0 Å². The highest BCUT2D eigenvalue weighted by molar-refractivity contribution is 5.94. The molecule has 1 fully saturated rings. The van der Waals surface area contributed by atoms with Crippen molar-refractivity contribution in [3.8, 4) is 0 Å².